The Kier molecular flexibility index (Phi) is 5.71. The third-order valence-corrected chi connectivity index (χ3v) is 5.35. The molecule has 5 nitrogen and oxygen atoms in total. The zero-order valence-corrected chi connectivity index (χ0v) is 16.6. The van der Waals surface area contributed by atoms with Gasteiger partial charge in [-0.25, -0.2) is 4.39 Å². The molecule has 1 aliphatic rings. The van der Waals surface area contributed by atoms with Crippen molar-refractivity contribution in [3.8, 4) is 0 Å². The molecule has 3 aromatic rings. The fraction of sp³-hybridized carbons (Fsp3) is 0.304. The van der Waals surface area contributed by atoms with Crippen LogP contribution >= 0.6 is 0 Å². The number of pyridine rings is 1. The normalized spacial score (nSPS) is 14.6. The number of likely N-dealkylation sites (N-methyl/N-ethyl adjacent to an activating group) is 1. The van der Waals surface area contributed by atoms with Gasteiger partial charge in [0.2, 0.25) is 5.91 Å². The molecule has 0 bridgehead atoms. The Morgan fingerprint density at radius 2 is 1.86 bits per heavy atom. The number of piperazine rings is 1. The topological polar surface area (TPSA) is 39.7 Å². The molecule has 1 aromatic heterocycles. The van der Waals surface area contributed by atoms with E-state index in [0.717, 1.165) is 16.5 Å². The van der Waals surface area contributed by atoms with Crippen LogP contribution in [0.2, 0.25) is 0 Å². The zero-order chi connectivity index (χ0) is 20.2. The van der Waals surface area contributed by atoms with Gasteiger partial charge in [-0.3, -0.25) is 14.7 Å². The molecule has 0 radical (unpaired) electrons. The van der Waals surface area contributed by atoms with E-state index in [1.165, 1.54) is 6.07 Å². The third-order valence-electron chi connectivity index (χ3n) is 5.35. The summed E-state index contributed by atoms with van der Waals surface area (Å²) in [7, 11) is 1.96. The van der Waals surface area contributed by atoms with Gasteiger partial charge in [0.1, 0.15) is 5.82 Å². The van der Waals surface area contributed by atoms with E-state index in [-0.39, 0.29) is 11.7 Å². The van der Waals surface area contributed by atoms with Gasteiger partial charge < -0.3 is 9.80 Å². The zero-order valence-electron chi connectivity index (χ0n) is 16.6. The van der Waals surface area contributed by atoms with E-state index < -0.39 is 0 Å². The van der Waals surface area contributed by atoms with Gasteiger partial charge in [0.15, 0.2) is 0 Å². The second-order valence-electron chi connectivity index (χ2n) is 7.52. The van der Waals surface area contributed by atoms with Crippen molar-refractivity contribution in [1.82, 2.24) is 14.8 Å². The number of nitrogens with zero attached hydrogens (tertiary/aromatic N) is 4. The van der Waals surface area contributed by atoms with E-state index in [0.29, 0.717) is 45.0 Å². The number of aromatic nitrogens is 1. The van der Waals surface area contributed by atoms with Crippen LogP contribution in [0.4, 0.5) is 10.1 Å². The highest BCUT2D eigenvalue weighted by Crippen LogP contribution is 2.20. The molecule has 2 heterocycles. The molecule has 2 aromatic carbocycles. The fourth-order valence-corrected chi connectivity index (χ4v) is 3.83. The summed E-state index contributed by atoms with van der Waals surface area (Å²) in [5, 5.41) is 1.11. The second-order valence-corrected chi connectivity index (χ2v) is 7.52. The number of carbonyl (C=O) groups is 1. The van der Waals surface area contributed by atoms with Crippen molar-refractivity contribution < 1.29 is 9.18 Å². The van der Waals surface area contributed by atoms with Crippen molar-refractivity contribution in [2.75, 3.05) is 44.7 Å². The van der Waals surface area contributed by atoms with Crippen LogP contribution in [0.3, 0.4) is 0 Å². The highest BCUT2D eigenvalue weighted by Gasteiger charge is 2.23. The summed E-state index contributed by atoms with van der Waals surface area (Å²) in [6.07, 6.45) is 1.79. The van der Waals surface area contributed by atoms with Crippen LogP contribution in [0.5, 0.6) is 0 Å². The molecule has 4 rings (SSSR count). The molecule has 1 amide bonds. The van der Waals surface area contributed by atoms with Gasteiger partial charge >= 0.3 is 0 Å². The van der Waals surface area contributed by atoms with Crippen molar-refractivity contribution in [3.05, 3.63) is 72.2 Å². The Morgan fingerprint density at radius 1 is 1.07 bits per heavy atom. The van der Waals surface area contributed by atoms with Crippen LogP contribution in [-0.4, -0.2) is 60.5 Å². The lowest BCUT2D eigenvalue weighted by molar-refractivity contribution is -0.132. The van der Waals surface area contributed by atoms with Crippen molar-refractivity contribution in [3.63, 3.8) is 0 Å². The van der Waals surface area contributed by atoms with Crippen LogP contribution in [0, 0.1) is 5.82 Å². The number of anilines is 1. The van der Waals surface area contributed by atoms with Gasteiger partial charge in [-0.05, 0) is 42.9 Å². The molecule has 0 spiro atoms. The molecule has 6 heteroatoms. The molecule has 0 aliphatic carbocycles. The Hall–Kier alpha value is -2.99. The number of carbonyl (C=O) groups excluding carboxylic acids is 1. The predicted molar refractivity (Wildman–Crippen MR) is 113 cm³/mol. The van der Waals surface area contributed by atoms with Crippen molar-refractivity contribution in [2.24, 2.45) is 0 Å². The Balaban J connectivity index is 1.30. The van der Waals surface area contributed by atoms with E-state index in [1.54, 1.807) is 18.3 Å². The minimum absolute atomic E-state index is 0.114. The molecule has 1 fully saturated rings. The standard InChI is InChI=1S/C23H25FN4O/c1-26(16-18-8-9-21-19(15-18)5-4-10-25-21)17-23(29)28-13-11-27(12-14-28)22-7-3-2-6-20(22)24/h2-10,15H,11-14,16-17H2,1H3. The number of halogens is 1. The minimum atomic E-state index is -0.211. The largest absolute Gasteiger partial charge is 0.366 e. The van der Waals surface area contributed by atoms with Crippen LogP contribution in [0.25, 0.3) is 10.9 Å². The van der Waals surface area contributed by atoms with E-state index in [1.807, 2.05) is 46.0 Å². The minimum Gasteiger partial charge on any atom is -0.366 e. The molecule has 1 aliphatic heterocycles. The lowest BCUT2D eigenvalue weighted by Gasteiger charge is -2.36. The molecule has 0 unspecified atom stereocenters. The first-order valence-electron chi connectivity index (χ1n) is 9.89. The average Bonchev–Trinajstić information content (AvgIpc) is 2.74. The number of rotatable bonds is 5. The molecule has 0 atom stereocenters. The SMILES string of the molecule is CN(CC(=O)N1CCN(c2ccccc2F)CC1)Cc1ccc2ncccc2c1. The molecule has 150 valence electrons. The summed E-state index contributed by atoms with van der Waals surface area (Å²) in [6, 6.07) is 17.0. The van der Waals surface area contributed by atoms with Gasteiger partial charge in [0.05, 0.1) is 17.7 Å². The number of fused-ring (bicyclic) bond motifs is 1. The Labute approximate surface area is 170 Å². The number of amides is 1. The quantitative estimate of drug-likeness (QED) is 0.669. The molecule has 0 N–H and O–H groups in total. The molecular weight excluding hydrogens is 367 g/mol. The maximum atomic E-state index is 14.0. The van der Waals surface area contributed by atoms with Crippen LogP contribution < -0.4 is 4.90 Å². The molecular formula is C23H25FN4O. The number of hydrogen-bond donors (Lipinski definition) is 0. The predicted octanol–water partition coefficient (Wildman–Crippen LogP) is 3.15. The summed E-state index contributed by atoms with van der Waals surface area (Å²) in [6.45, 7) is 3.59. The smallest absolute Gasteiger partial charge is 0.236 e. The second kappa shape index (κ2) is 8.57. The molecule has 0 saturated carbocycles. The maximum absolute atomic E-state index is 14.0. The average molecular weight is 392 g/mol. The van der Waals surface area contributed by atoms with Gasteiger partial charge in [0.25, 0.3) is 0 Å². The Morgan fingerprint density at radius 3 is 2.66 bits per heavy atom. The van der Waals surface area contributed by atoms with Crippen molar-refractivity contribution in [2.45, 2.75) is 6.54 Å². The van der Waals surface area contributed by atoms with Crippen LogP contribution in [-0.2, 0) is 11.3 Å². The molecule has 1 saturated heterocycles. The lowest BCUT2D eigenvalue weighted by atomic mass is 10.1. The number of benzene rings is 2. The first kappa shape index (κ1) is 19.3. The van der Waals surface area contributed by atoms with Gasteiger partial charge in [-0.15, -0.1) is 0 Å². The van der Waals surface area contributed by atoms with Gasteiger partial charge in [-0.1, -0.05) is 24.3 Å². The summed E-state index contributed by atoms with van der Waals surface area (Å²) in [4.78, 5) is 23.0. The Bertz CT molecular complexity index is 1000. The summed E-state index contributed by atoms with van der Waals surface area (Å²) in [5.41, 5.74) is 2.75. The number of hydrogen-bond acceptors (Lipinski definition) is 4. The van der Waals surface area contributed by atoms with Crippen molar-refractivity contribution >= 4 is 22.5 Å². The fourth-order valence-electron chi connectivity index (χ4n) is 3.83. The van der Waals surface area contributed by atoms with E-state index in [9.17, 15) is 9.18 Å². The first-order chi connectivity index (χ1) is 14.1. The highest BCUT2D eigenvalue weighted by molar-refractivity contribution is 5.79. The van der Waals surface area contributed by atoms with Gasteiger partial charge in [-0.2, -0.15) is 0 Å². The number of para-hydroxylation sites is 1. The van der Waals surface area contributed by atoms with Gasteiger partial charge in [0, 0.05) is 44.3 Å². The van der Waals surface area contributed by atoms with Crippen molar-refractivity contribution in [1.29, 1.82) is 0 Å². The first-order valence-corrected chi connectivity index (χ1v) is 9.89. The maximum Gasteiger partial charge on any atom is 0.236 e. The highest BCUT2D eigenvalue weighted by atomic mass is 19.1. The molecule has 29 heavy (non-hydrogen) atoms. The van der Waals surface area contributed by atoms with E-state index in [2.05, 4.69) is 17.1 Å². The van der Waals surface area contributed by atoms with E-state index >= 15 is 0 Å². The summed E-state index contributed by atoms with van der Waals surface area (Å²) in [5.74, 6) is -0.0965. The van der Waals surface area contributed by atoms with E-state index in [4.69, 9.17) is 0 Å². The summed E-state index contributed by atoms with van der Waals surface area (Å²) >= 11 is 0. The van der Waals surface area contributed by atoms with Crippen LogP contribution in [0.15, 0.2) is 60.8 Å². The monoisotopic (exact) mass is 392 g/mol. The van der Waals surface area contributed by atoms with Crippen LogP contribution in [0.1, 0.15) is 5.56 Å². The summed E-state index contributed by atoms with van der Waals surface area (Å²) < 4.78 is 14.0. The third kappa shape index (κ3) is 4.54. The lowest BCUT2D eigenvalue weighted by Crippen LogP contribution is -2.51.